The average Bonchev–Trinajstić information content (AvgIpc) is 2.54. The van der Waals surface area contributed by atoms with Crippen molar-refractivity contribution in [2.75, 3.05) is 39.8 Å². The number of nitrogens with zero attached hydrogens (tertiary/aromatic N) is 3. The predicted octanol–water partition coefficient (Wildman–Crippen LogP) is 1.03. The Morgan fingerprint density at radius 1 is 1.17 bits per heavy atom. The van der Waals surface area contributed by atoms with Crippen LogP contribution in [0.1, 0.15) is 19.4 Å². The molecule has 2 rings (SSSR count). The van der Waals surface area contributed by atoms with E-state index in [2.05, 4.69) is 9.80 Å². The normalized spacial score (nSPS) is 19.3. The van der Waals surface area contributed by atoms with E-state index in [-0.39, 0.29) is 18.1 Å². The lowest BCUT2D eigenvalue weighted by Crippen LogP contribution is -2.54. The molecule has 1 saturated heterocycles. The Morgan fingerprint density at radius 2 is 1.78 bits per heavy atom. The molecule has 0 spiro atoms. The van der Waals surface area contributed by atoms with Crippen molar-refractivity contribution in [2.24, 2.45) is 0 Å². The molecule has 1 amide bonds. The summed E-state index contributed by atoms with van der Waals surface area (Å²) in [5.74, 6) is 0.165. The van der Waals surface area contributed by atoms with Gasteiger partial charge >= 0.3 is 0 Å². The van der Waals surface area contributed by atoms with Gasteiger partial charge < -0.3 is 10.0 Å². The molecule has 23 heavy (non-hydrogen) atoms. The maximum atomic E-state index is 12.6. The Balaban J connectivity index is 1.83. The number of carbonyl (C=O) groups excluding carboxylic acids is 1. The van der Waals surface area contributed by atoms with Crippen LogP contribution in [0.5, 0.6) is 0 Å². The molecule has 1 aliphatic heterocycles. The van der Waals surface area contributed by atoms with Gasteiger partial charge in [-0.3, -0.25) is 14.6 Å². The van der Waals surface area contributed by atoms with Gasteiger partial charge in [-0.25, -0.2) is 0 Å². The number of aliphatic hydroxyl groups is 1. The number of benzene rings is 1. The molecule has 0 unspecified atom stereocenters. The van der Waals surface area contributed by atoms with Crippen LogP contribution >= 0.6 is 0 Å². The SMILES string of the molecule is C[C@H](O)CN1CCN([C@H](C)C(=O)N(C)Cc2ccccc2)CC1. The Morgan fingerprint density at radius 3 is 2.35 bits per heavy atom. The predicted molar refractivity (Wildman–Crippen MR) is 92.1 cm³/mol. The Hall–Kier alpha value is -1.43. The first-order valence-corrected chi connectivity index (χ1v) is 8.40. The number of hydrogen-bond donors (Lipinski definition) is 1. The van der Waals surface area contributed by atoms with Crippen molar-refractivity contribution < 1.29 is 9.90 Å². The maximum Gasteiger partial charge on any atom is 0.239 e. The summed E-state index contributed by atoms with van der Waals surface area (Å²) in [4.78, 5) is 18.9. The molecule has 1 fully saturated rings. The molecule has 1 aromatic rings. The second-order valence-electron chi connectivity index (χ2n) is 6.54. The van der Waals surface area contributed by atoms with Crippen LogP contribution < -0.4 is 0 Å². The molecule has 1 heterocycles. The van der Waals surface area contributed by atoms with Crippen LogP contribution in [0.25, 0.3) is 0 Å². The fraction of sp³-hybridized carbons (Fsp3) is 0.611. The monoisotopic (exact) mass is 319 g/mol. The highest BCUT2D eigenvalue weighted by atomic mass is 16.3. The fourth-order valence-corrected chi connectivity index (χ4v) is 3.12. The van der Waals surface area contributed by atoms with Crippen LogP contribution in [0, 0.1) is 0 Å². The van der Waals surface area contributed by atoms with Crippen LogP contribution in [-0.2, 0) is 11.3 Å². The second kappa shape index (κ2) is 8.43. The lowest BCUT2D eigenvalue weighted by atomic mass is 10.1. The van der Waals surface area contributed by atoms with E-state index < -0.39 is 0 Å². The fourth-order valence-electron chi connectivity index (χ4n) is 3.12. The van der Waals surface area contributed by atoms with Crippen LogP contribution in [0.2, 0.25) is 0 Å². The highest BCUT2D eigenvalue weighted by Gasteiger charge is 2.27. The molecule has 1 aromatic carbocycles. The van der Waals surface area contributed by atoms with E-state index in [9.17, 15) is 9.90 Å². The minimum atomic E-state index is -0.294. The van der Waals surface area contributed by atoms with E-state index in [1.54, 1.807) is 0 Å². The van der Waals surface area contributed by atoms with Crippen molar-refractivity contribution >= 4 is 5.91 Å². The van der Waals surface area contributed by atoms with Crippen molar-refractivity contribution in [3.05, 3.63) is 35.9 Å². The molecule has 0 aliphatic carbocycles. The minimum absolute atomic E-state index is 0.0996. The Kier molecular flexibility index (Phi) is 6.57. The second-order valence-corrected chi connectivity index (χ2v) is 6.54. The quantitative estimate of drug-likeness (QED) is 0.851. The van der Waals surface area contributed by atoms with Gasteiger partial charge in [-0.1, -0.05) is 30.3 Å². The summed E-state index contributed by atoms with van der Waals surface area (Å²) in [5, 5.41) is 9.46. The van der Waals surface area contributed by atoms with Crippen molar-refractivity contribution in [1.29, 1.82) is 0 Å². The van der Waals surface area contributed by atoms with Crippen LogP contribution in [0.15, 0.2) is 30.3 Å². The summed E-state index contributed by atoms with van der Waals surface area (Å²) in [6, 6.07) is 9.97. The molecule has 128 valence electrons. The van der Waals surface area contributed by atoms with Gasteiger partial charge in [-0.05, 0) is 19.4 Å². The van der Waals surface area contributed by atoms with Gasteiger partial charge in [0.25, 0.3) is 0 Å². The number of piperazine rings is 1. The van der Waals surface area contributed by atoms with E-state index >= 15 is 0 Å². The third-order valence-corrected chi connectivity index (χ3v) is 4.47. The lowest BCUT2D eigenvalue weighted by molar-refractivity contribution is -0.136. The number of amides is 1. The van der Waals surface area contributed by atoms with Crippen molar-refractivity contribution in [3.8, 4) is 0 Å². The molecule has 0 radical (unpaired) electrons. The van der Waals surface area contributed by atoms with Gasteiger partial charge in [-0.2, -0.15) is 0 Å². The third-order valence-electron chi connectivity index (χ3n) is 4.47. The summed E-state index contributed by atoms with van der Waals surface area (Å²) in [6.45, 7) is 8.73. The summed E-state index contributed by atoms with van der Waals surface area (Å²) < 4.78 is 0. The molecular weight excluding hydrogens is 290 g/mol. The first-order valence-electron chi connectivity index (χ1n) is 8.40. The van der Waals surface area contributed by atoms with Gasteiger partial charge in [0.2, 0.25) is 5.91 Å². The van der Waals surface area contributed by atoms with Gasteiger partial charge in [0, 0.05) is 46.3 Å². The highest BCUT2D eigenvalue weighted by Crippen LogP contribution is 2.11. The van der Waals surface area contributed by atoms with E-state index in [1.165, 1.54) is 0 Å². The molecular formula is C18H29N3O2. The lowest BCUT2D eigenvalue weighted by Gasteiger charge is -2.38. The smallest absolute Gasteiger partial charge is 0.239 e. The zero-order chi connectivity index (χ0) is 16.8. The molecule has 1 aliphatic rings. The zero-order valence-corrected chi connectivity index (χ0v) is 14.5. The van der Waals surface area contributed by atoms with Gasteiger partial charge in [-0.15, -0.1) is 0 Å². The van der Waals surface area contributed by atoms with Crippen LogP contribution in [-0.4, -0.2) is 77.6 Å². The first kappa shape index (κ1) is 17.9. The Bertz CT molecular complexity index is 484. The number of β-amino-alcohol motifs (C(OH)–C–C–N with tert-alkyl or cyclic N) is 1. The van der Waals surface area contributed by atoms with E-state index in [1.807, 2.05) is 56.1 Å². The van der Waals surface area contributed by atoms with E-state index in [0.717, 1.165) is 31.7 Å². The maximum absolute atomic E-state index is 12.6. The number of hydrogen-bond acceptors (Lipinski definition) is 4. The van der Waals surface area contributed by atoms with Crippen LogP contribution in [0.4, 0.5) is 0 Å². The summed E-state index contributed by atoms with van der Waals surface area (Å²) in [7, 11) is 1.87. The number of aliphatic hydroxyl groups excluding tert-OH is 1. The van der Waals surface area contributed by atoms with E-state index in [4.69, 9.17) is 0 Å². The van der Waals surface area contributed by atoms with Crippen molar-refractivity contribution in [2.45, 2.75) is 32.5 Å². The number of rotatable bonds is 6. The largest absolute Gasteiger partial charge is 0.392 e. The molecule has 5 heteroatoms. The van der Waals surface area contributed by atoms with E-state index in [0.29, 0.717) is 13.1 Å². The Labute approximate surface area is 139 Å². The number of carbonyl (C=O) groups is 1. The third kappa shape index (κ3) is 5.30. The number of likely N-dealkylation sites (N-methyl/N-ethyl adjacent to an activating group) is 1. The summed E-state index contributed by atoms with van der Waals surface area (Å²) in [6.07, 6.45) is -0.294. The molecule has 0 aromatic heterocycles. The highest BCUT2D eigenvalue weighted by molar-refractivity contribution is 5.81. The summed E-state index contributed by atoms with van der Waals surface area (Å²) in [5.41, 5.74) is 1.15. The van der Waals surface area contributed by atoms with Gasteiger partial charge in [0.1, 0.15) is 0 Å². The molecule has 0 saturated carbocycles. The molecule has 2 atom stereocenters. The molecule has 1 N–H and O–H groups in total. The summed E-state index contributed by atoms with van der Waals surface area (Å²) >= 11 is 0. The molecule has 0 bridgehead atoms. The van der Waals surface area contributed by atoms with Gasteiger partial charge in [0.15, 0.2) is 0 Å². The van der Waals surface area contributed by atoms with Crippen molar-refractivity contribution in [1.82, 2.24) is 14.7 Å². The van der Waals surface area contributed by atoms with Crippen LogP contribution in [0.3, 0.4) is 0 Å². The topological polar surface area (TPSA) is 47.0 Å². The molecule has 5 nitrogen and oxygen atoms in total. The average molecular weight is 319 g/mol. The minimum Gasteiger partial charge on any atom is -0.392 e. The standard InChI is InChI=1S/C18H29N3O2/c1-15(22)13-20-9-11-21(12-10-20)16(2)18(23)19(3)14-17-7-5-4-6-8-17/h4-8,15-16,22H,9-14H2,1-3H3/t15-,16+/m0/s1. The first-order chi connectivity index (χ1) is 11.0. The zero-order valence-electron chi connectivity index (χ0n) is 14.5. The van der Waals surface area contributed by atoms with Gasteiger partial charge in [0.05, 0.1) is 12.1 Å². The van der Waals surface area contributed by atoms with Crippen molar-refractivity contribution in [3.63, 3.8) is 0 Å².